The SMILES string of the molecule is Cc1cccc(N2C(=O)NC(=O)C(=CN3c4ccc(F)cc4CC[C@@H]3C)C2=O)c1C. The van der Waals surface area contributed by atoms with Gasteiger partial charge in [-0.25, -0.2) is 14.1 Å². The van der Waals surface area contributed by atoms with Gasteiger partial charge in [-0.1, -0.05) is 12.1 Å². The lowest BCUT2D eigenvalue weighted by molar-refractivity contribution is -0.122. The molecule has 0 aliphatic carbocycles. The molecule has 6 nitrogen and oxygen atoms in total. The number of benzene rings is 2. The van der Waals surface area contributed by atoms with E-state index in [4.69, 9.17) is 0 Å². The Morgan fingerprint density at radius 3 is 2.63 bits per heavy atom. The van der Waals surface area contributed by atoms with Gasteiger partial charge in [-0.15, -0.1) is 0 Å². The maximum absolute atomic E-state index is 13.7. The third-order valence-corrected chi connectivity index (χ3v) is 5.81. The van der Waals surface area contributed by atoms with Crippen LogP contribution < -0.4 is 15.1 Å². The summed E-state index contributed by atoms with van der Waals surface area (Å²) in [5, 5.41) is 2.26. The first kappa shape index (κ1) is 19.8. The molecule has 7 heteroatoms. The van der Waals surface area contributed by atoms with Crippen molar-refractivity contribution < 1.29 is 18.8 Å². The van der Waals surface area contributed by atoms with Crippen LogP contribution in [0, 0.1) is 19.7 Å². The number of halogens is 1. The zero-order chi connectivity index (χ0) is 21.6. The van der Waals surface area contributed by atoms with Gasteiger partial charge in [0.15, 0.2) is 0 Å². The molecule has 0 spiro atoms. The second-order valence-electron chi connectivity index (χ2n) is 7.73. The predicted molar refractivity (Wildman–Crippen MR) is 112 cm³/mol. The number of amides is 4. The van der Waals surface area contributed by atoms with Gasteiger partial charge < -0.3 is 4.90 Å². The highest BCUT2D eigenvalue weighted by molar-refractivity contribution is 6.37. The van der Waals surface area contributed by atoms with Crippen LogP contribution in [0.5, 0.6) is 0 Å². The number of imide groups is 2. The summed E-state index contributed by atoms with van der Waals surface area (Å²) in [5.41, 5.74) is 3.57. The van der Waals surface area contributed by atoms with Gasteiger partial charge in [0.05, 0.1) is 5.69 Å². The first-order valence-corrected chi connectivity index (χ1v) is 9.82. The molecule has 0 radical (unpaired) electrons. The van der Waals surface area contributed by atoms with E-state index in [0.29, 0.717) is 12.1 Å². The minimum Gasteiger partial charge on any atom is -0.344 e. The zero-order valence-electron chi connectivity index (χ0n) is 17.0. The van der Waals surface area contributed by atoms with Crippen LogP contribution >= 0.6 is 0 Å². The Hall–Kier alpha value is -3.48. The number of urea groups is 1. The summed E-state index contributed by atoms with van der Waals surface area (Å²) < 4.78 is 13.7. The van der Waals surface area contributed by atoms with Crippen molar-refractivity contribution in [3.63, 3.8) is 0 Å². The summed E-state index contributed by atoms with van der Waals surface area (Å²) in [6.07, 6.45) is 2.93. The van der Waals surface area contributed by atoms with Crippen molar-refractivity contribution in [3.05, 3.63) is 70.7 Å². The van der Waals surface area contributed by atoms with Crippen LogP contribution in [0.1, 0.15) is 30.0 Å². The van der Waals surface area contributed by atoms with Crippen LogP contribution in [0.2, 0.25) is 0 Å². The van der Waals surface area contributed by atoms with Crippen molar-refractivity contribution in [1.82, 2.24) is 5.32 Å². The van der Waals surface area contributed by atoms with Crippen molar-refractivity contribution >= 4 is 29.2 Å². The average Bonchev–Trinajstić information content (AvgIpc) is 2.69. The van der Waals surface area contributed by atoms with E-state index in [2.05, 4.69) is 5.32 Å². The number of hydrogen-bond donors (Lipinski definition) is 1. The Labute approximate surface area is 174 Å². The normalized spacial score (nSPS) is 20.5. The quantitative estimate of drug-likeness (QED) is 0.608. The summed E-state index contributed by atoms with van der Waals surface area (Å²) in [6.45, 7) is 5.68. The highest BCUT2D eigenvalue weighted by Gasteiger charge is 2.38. The van der Waals surface area contributed by atoms with Crippen LogP contribution in [0.3, 0.4) is 0 Å². The van der Waals surface area contributed by atoms with Crippen molar-refractivity contribution in [3.8, 4) is 0 Å². The van der Waals surface area contributed by atoms with Gasteiger partial charge in [-0.3, -0.25) is 14.9 Å². The van der Waals surface area contributed by atoms with E-state index >= 15 is 0 Å². The highest BCUT2D eigenvalue weighted by atomic mass is 19.1. The molecule has 2 aliphatic rings. The standard InChI is InChI=1S/C23H22FN3O3/c1-13-5-4-6-19(15(13)3)27-22(29)18(21(28)25-23(27)30)12-26-14(2)7-8-16-11-17(24)9-10-20(16)26/h4-6,9-12,14H,7-8H2,1-3H3,(H,25,28,30)/t14-/m0/s1. The van der Waals surface area contributed by atoms with E-state index in [1.54, 1.807) is 18.2 Å². The van der Waals surface area contributed by atoms with Crippen LogP contribution in [-0.2, 0) is 16.0 Å². The van der Waals surface area contributed by atoms with E-state index in [1.807, 2.05) is 31.7 Å². The van der Waals surface area contributed by atoms with Crippen LogP contribution in [-0.4, -0.2) is 23.9 Å². The van der Waals surface area contributed by atoms with Crippen molar-refractivity contribution in [1.29, 1.82) is 0 Å². The molecule has 4 rings (SSSR count). The van der Waals surface area contributed by atoms with Crippen molar-refractivity contribution in [2.45, 2.75) is 39.7 Å². The lowest BCUT2D eigenvalue weighted by Crippen LogP contribution is -2.55. The molecule has 2 aromatic rings. The fourth-order valence-corrected chi connectivity index (χ4v) is 3.92. The van der Waals surface area contributed by atoms with Gasteiger partial charge >= 0.3 is 6.03 Å². The number of rotatable bonds is 2. The first-order valence-electron chi connectivity index (χ1n) is 9.82. The van der Waals surface area contributed by atoms with Gasteiger partial charge in [0.2, 0.25) is 0 Å². The Kier molecular flexibility index (Phi) is 4.89. The van der Waals surface area contributed by atoms with E-state index < -0.39 is 17.8 Å². The van der Waals surface area contributed by atoms with E-state index in [0.717, 1.165) is 33.7 Å². The van der Waals surface area contributed by atoms with Crippen LogP contribution in [0.4, 0.5) is 20.6 Å². The highest BCUT2D eigenvalue weighted by Crippen LogP contribution is 2.33. The van der Waals surface area contributed by atoms with Gasteiger partial charge in [-0.05, 0) is 74.6 Å². The van der Waals surface area contributed by atoms with E-state index in [1.165, 1.54) is 18.3 Å². The first-order chi connectivity index (χ1) is 14.3. The minimum atomic E-state index is -0.773. The summed E-state index contributed by atoms with van der Waals surface area (Å²) >= 11 is 0. The topological polar surface area (TPSA) is 69.7 Å². The smallest absolute Gasteiger partial charge is 0.335 e. The fourth-order valence-electron chi connectivity index (χ4n) is 3.92. The molecule has 1 fully saturated rings. The number of aryl methyl sites for hydroxylation is 2. The third kappa shape index (κ3) is 3.26. The summed E-state index contributed by atoms with van der Waals surface area (Å²) in [6, 6.07) is 9.03. The Bertz CT molecular complexity index is 1110. The maximum Gasteiger partial charge on any atom is 0.335 e. The van der Waals surface area contributed by atoms with Crippen LogP contribution in [0.15, 0.2) is 48.2 Å². The molecular formula is C23H22FN3O3. The van der Waals surface area contributed by atoms with Gasteiger partial charge in [-0.2, -0.15) is 0 Å². The lowest BCUT2D eigenvalue weighted by atomic mass is 9.96. The molecule has 1 atom stereocenters. The molecule has 1 saturated heterocycles. The fraction of sp³-hybridized carbons (Fsp3) is 0.261. The molecule has 2 heterocycles. The molecule has 30 heavy (non-hydrogen) atoms. The number of nitrogens with one attached hydrogen (secondary N) is 1. The Balaban J connectivity index is 1.78. The average molecular weight is 407 g/mol. The van der Waals surface area contributed by atoms with Crippen molar-refractivity contribution in [2.75, 3.05) is 9.80 Å². The molecule has 0 saturated carbocycles. The van der Waals surface area contributed by atoms with Crippen molar-refractivity contribution in [2.24, 2.45) is 0 Å². The molecule has 1 N–H and O–H groups in total. The monoisotopic (exact) mass is 407 g/mol. The number of nitrogens with zero attached hydrogens (tertiary/aromatic N) is 2. The molecule has 154 valence electrons. The molecule has 4 amide bonds. The van der Waals surface area contributed by atoms with Gasteiger partial charge in [0, 0.05) is 17.9 Å². The predicted octanol–water partition coefficient (Wildman–Crippen LogP) is 3.75. The molecule has 0 aromatic heterocycles. The zero-order valence-corrected chi connectivity index (χ0v) is 17.0. The lowest BCUT2D eigenvalue weighted by Gasteiger charge is -2.36. The molecule has 0 bridgehead atoms. The second-order valence-corrected chi connectivity index (χ2v) is 7.73. The minimum absolute atomic E-state index is 0.00263. The second kappa shape index (κ2) is 7.40. The number of carbonyl (C=O) groups excluding carboxylic acids is 3. The summed E-state index contributed by atoms with van der Waals surface area (Å²) in [7, 11) is 0. The summed E-state index contributed by atoms with van der Waals surface area (Å²) in [5.74, 6) is -1.75. The number of carbonyl (C=O) groups is 3. The number of hydrogen-bond acceptors (Lipinski definition) is 4. The molecule has 2 aliphatic heterocycles. The molecule has 0 unspecified atom stereocenters. The number of anilines is 2. The Morgan fingerprint density at radius 2 is 1.87 bits per heavy atom. The van der Waals surface area contributed by atoms with Gasteiger partial charge in [0.25, 0.3) is 11.8 Å². The third-order valence-electron chi connectivity index (χ3n) is 5.81. The molecular weight excluding hydrogens is 385 g/mol. The number of barbiturate groups is 1. The Morgan fingerprint density at radius 1 is 1.10 bits per heavy atom. The van der Waals surface area contributed by atoms with Gasteiger partial charge in [0.1, 0.15) is 11.4 Å². The number of fused-ring (bicyclic) bond motifs is 1. The maximum atomic E-state index is 13.7. The van der Waals surface area contributed by atoms with E-state index in [9.17, 15) is 18.8 Å². The largest absolute Gasteiger partial charge is 0.344 e. The van der Waals surface area contributed by atoms with Crippen LogP contribution in [0.25, 0.3) is 0 Å². The van der Waals surface area contributed by atoms with E-state index in [-0.39, 0.29) is 17.4 Å². The summed E-state index contributed by atoms with van der Waals surface area (Å²) in [4.78, 5) is 41.1. The molecule has 2 aromatic carbocycles.